The van der Waals surface area contributed by atoms with Crippen LogP contribution in [0.15, 0.2) is 48.5 Å². The van der Waals surface area contributed by atoms with Crippen LogP contribution in [0.25, 0.3) is 0 Å². The molecule has 2 aromatic rings. The quantitative estimate of drug-likeness (QED) is 0.843. The SMILES string of the molecule is C[C@@H](NC(=O)c1c(N)cccc1Cl)c1ccccc1. The van der Waals surface area contributed by atoms with Crippen molar-refractivity contribution in [2.45, 2.75) is 13.0 Å². The van der Waals surface area contributed by atoms with Crippen LogP contribution in [-0.4, -0.2) is 5.91 Å². The molecule has 2 rings (SSSR count). The zero-order chi connectivity index (χ0) is 13.8. The number of amides is 1. The predicted molar refractivity (Wildman–Crippen MR) is 78.2 cm³/mol. The summed E-state index contributed by atoms with van der Waals surface area (Å²) in [7, 11) is 0. The van der Waals surface area contributed by atoms with Crippen LogP contribution >= 0.6 is 11.6 Å². The first-order valence-electron chi connectivity index (χ1n) is 5.99. The van der Waals surface area contributed by atoms with Crippen molar-refractivity contribution in [1.82, 2.24) is 5.32 Å². The van der Waals surface area contributed by atoms with E-state index in [1.54, 1.807) is 18.2 Å². The van der Waals surface area contributed by atoms with Gasteiger partial charge in [0, 0.05) is 5.69 Å². The van der Waals surface area contributed by atoms with Crippen LogP contribution in [0.2, 0.25) is 5.02 Å². The first kappa shape index (κ1) is 13.4. The van der Waals surface area contributed by atoms with Crippen molar-refractivity contribution in [2.75, 3.05) is 5.73 Å². The number of nitrogen functional groups attached to an aromatic ring is 1. The summed E-state index contributed by atoms with van der Waals surface area (Å²) in [5.41, 5.74) is 7.53. The Bertz CT molecular complexity index is 564. The number of carbonyl (C=O) groups is 1. The normalized spacial score (nSPS) is 11.9. The van der Waals surface area contributed by atoms with Gasteiger partial charge in [-0.1, -0.05) is 48.0 Å². The molecule has 2 aromatic carbocycles. The van der Waals surface area contributed by atoms with Crippen LogP contribution in [-0.2, 0) is 0 Å². The van der Waals surface area contributed by atoms with Crippen molar-refractivity contribution < 1.29 is 4.79 Å². The number of rotatable bonds is 3. The molecule has 19 heavy (non-hydrogen) atoms. The number of halogens is 1. The second kappa shape index (κ2) is 5.76. The molecule has 0 bridgehead atoms. The summed E-state index contributed by atoms with van der Waals surface area (Å²) in [4.78, 5) is 12.2. The van der Waals surface area contributed by atoms with Gasteiger partial charge in [-0.3, -0.25) is 4.79 Å². The Labute approximate surface area is 117 Å². The number of nitrogens with one attached hydrogen (secondary N) is 1. The Balaban J connectivity index is 2.18. The topological polar surface area (TPSA) is 55.1 Å². The summed E-state index contributed by atoms with van der Waals surface area (Å²) >= 11 is 6.01. The summed E-state index contributed by atoms with van der Waals surface area (Å²) in [6.45, 7) is 1.92. The van der Waals surface area contributed by atoms with E-state index in [0.29, 0.717) is 16.3 Å². The standard InChI is InChI=1S/C15H15ClN2O/c1-10(11-6-3-2-4-7-11)18-15(19)14-12(16)8-5-9-13(14)17/h2-10H,17H2,1H3,(H,18,19)/t10-/m1/s1. The van der Waals surface area contributed by atoms with Gasteiger partial charge < -0.3 is 11.1 Å². The van der Waals surface area contributed by atoms with Crippen LogP contribution < -0.4 is 11.1 Å². The minimum atomic E-state index is -0.264. The third-order valence-electron chi connectivity index (χ3n) is 2.92. The lowest BCUT2D eigenvalue weighted by Gasteiger charge is -2.15. The highest BCUT2D eigenvalue weighted by Crippen LogP contribution is 2.23. The third kappa shape index (κ3) is 3.06. The lowest BCUT2D eigenvalue weighted by Crippen LogP contribution is -2.27. The molecule has 0 spiro atoms. The highest BCUT2D eigenvalue weighted by atomic mass is 35.5. The van der Waals surface area contributed by atoms with Gasteiger partial charge in [-0.05, 0) is 24.6 Å². The van der Waals surface area contributed by atoms with Crippen molar-refractivity contribution in [1.29, 1.82) is 0 Å². The summed E-state index contributed by atoms with van der Waals surface area (Å²) in [5, 5.41) is 3.25. The zero-order valence-corrected chi connectivity index (χ0v) is 11.3. The van der Waals surface area contributed by atoms with Crippen molar-refractivity contribution >= 4 is 23.2 Å². The van der Waals surface area contributed by atoms with E-state index in [0.717, 1.165) is 5.56 Å². The average molecular weight is 275 g/mol. The number of carbonyl (C=O) groups excluding carboxylic acids is 1. The maximum atomic E-state index is 12.2. The minimum absolute atomic E-state index is 0.107. The van der Waals surface area contributed by atoms with E-state index in [9.17, 15) is 4.79 Å². The second-order valence-electron chi connectivity index (χ2n) is 4.31. The monoisotopic (exact) mass is 274 g/mol. The van der Waals surface area contributed by atoms with E-state index < -0.39 is 0 Å². The number of hydrogen-bond donors (Lipinski definition) is 2. The van der Waals surface area contributed by atoms with Gasteiger partial charge in [-0.2, -0.15) is 0 Å². The zero-order valence-electron chi connectivity index (χ0n) is 10.6. The van der Waals surface area contributed by atoms with E-state index in [1.165, 1.54) is 0 Å². The van der Waals surface area contributed by atoms with Gasteiger partial charge in [0.05, 0.1) is 16.6 Å². The Kier molecular flexibility index (Phi) is 4.07. The fourth-order valence-electron chi connectivity index (χ4n) is 1.87. The molecular formula is C15H15ClN2O. The number of anilines is 1. The van der Waals surface area contributed by atoms with Crippen LogP contribution in [0.3, 0.4) is 0 Å². The molecule has 3 nitrogen and oxygen atoms in total. The molecule has 0 radical (unpaired) electrons. The van der Waals surface area contributed by atoms with Gasteiger partial charge >= 0.3 is 0 Å². The molecule has 0 aromatic heterocycles. The largest absolute Gasteiger partial charge is 0.398 e. The van der Waals surface area contributed by atoms with E-state index in [4.69, 9.17) is 17.3 Å². The van der Waals surface area contributed by atoms with Crippen molar-refractivity contribution in [3.63, 3.8) is 0 Å². The van der Waals surface area contributed by atoms with Crippen molar-refractivity contribution in [3.8, 4) is 0 Å². The fourth-order valence-corrected chi connectivity index (χ4v) is 2.14. The van der Waals surface area contributed by atoms with Gasteiger partial charge in [-0.25, -0.2) is 0 Å². The second-order valence-corrected chi connectivity index (χ2v) is 4.72. The lowest BCUT2D eigenvalue weighted by atomic mass is 10.1. The van der Waals surface area contributed by atoms with Crippen LogP contribution in [0.4, 0.5) is 5.69 Å². The molecule has 0 fully saturated rings. The van der Waals surface area contributed by atoms with Gasteiger partial charge in [0.15, 0.2) is 0 Å². The maximum absolute atomic E-state index is 12.2. The smallest absolute Gasteiger partial charge is 0.255 e. The number of hydrogen-bond acceptors (Lipinski definition) is 2. The molecule has 0 heterocycles. The van der Waals surface area contributed by atoms with E-state index in [1.807, 2.05) is 37.3 Å². The molecule has 0 saturated heterocycles. The summed E-state index contributed by atoms with van der Waals surface area (Å²) in [5.74, 6) is -0.264. The molecule has 0 aliphatic carbocycles. The van der Waals surface area contributed by atoms with Gasteiger partial charge in [-0.15, -0.1) is 0 Å². The van der Waals surface area contributed by atoms with Crippen LogP contribution in [0, 0.1) is 0 Å². The summed E-state index contributed by atoms with van der Waals surface area (Å²) < 4.78 is 0. The third-order valence-corrected chi connectivity index (χ3v) is 3.24. The Hall–Kier alpha value is -2.00. The van der Waals surface area contributed by atoms with Crippen molar-refractivity contribution in [3.05, 3.63) is 64.7 Å². The molecule has 0 unspecified atom stereocenters. The fraction of sp³-hybridized carbons (Fsp3) is 0.133. The molecular weight excluding hydrogens is 260 g/mol. The molecule has 0 saturated carbocycles. The first-order valence-corrected chi connectivity index (χ1v) is 6.37. The molecule has 4 heteroatoms. The van der Waals surface area contributed by atoms with E-state index in [2.05, 4.69) is 5.32 Å². The highest BCUT2D eigenvalue weighted by Gasteiger charge is 2.16. The van der Waals surface area contributed by atoms with Gasteiger partial charge in [0.2, 0.25) is 0 Å². The van der Waals surface area contributed by atoms with Gasteiger partial charge in [0.25, 0.3) is 5.91 Å². The Morgan fingerprint density at radius 3 is 2.47 bits per heavy atom. The first-order chi connectivity index (χ1) is 9.09. The van der Waals surface area contributed by atoms with Crippen LogP contribution in [0.1, 0.15) is 28.9 Å². The average Bonchev–Trinajstić information content (AvgIpc) is 2.39. The van der Waals surface area contributed by atoms with Crippen LogP contribution in [0.5, 0.6) is 0 Å². The molecule has 1 amide bonds. The van der Waals surface area contributed by atoms with Gasteiger partial charge in [0.1, 0.15) is 0 Å². The summed E-state index contributed by atoms with van der Waals surface area (Å²) in [6.07, 6.45) is 0. The predicted octanol–water partition coefficient (Wildman–Crippen LogP) is 3.41. The molecule has 98 valence electrons. The molecule has 0 aliphatic heterocycles. The number of benzene rings is 2. The molecule has 3 N–H and O–H groups in total. The summed E-state index contributed by atoms with van der Waals surface area (Å²) in [6, 6.07) is 14.6. The minimum Gasteiger partial charge on any atom is -0.398 e. The van der Waals surface area contributed by atoms with E-state index in [-0.39, 0.29) is 11.9 Å². The Morgan fingerprint density at radius 2 is 1.84 bits per heavy atom. The molecule has 0 aliphatic rings. The van der Waals surface area contributed by atoms with Crippen molar-refractivity contribution in [2.24, 2.45) is 0 Å². The maximum Gasteiger partial charge on any atom is 0.255 e. The molecule has 1 atom stereocenters. The van der Waals surface area contributed by atoms with E-state index >= 15 is 0 Å². The Morgan fingerprint density at radius 1 is 1.16 bits per heavy atom. The highest BCUT2D eigenvalue weighted by molar-refractivity contribution is 6.34. The lowest BCUT2D eigenvalue weighted by molar-refractivity contribution is 0.0941. The number of nitrogens with two attached hydrogens (primary N) is 1.